The topological polar surface area (TPSA) is 37.3 Å². The summed E-state index contributed by atoms with van der Waals surface area (Å²) in [7, 11) is 0. The smallest absolute Gasteiger partial charge is 0.187 e. The molecule has 0 spiro atoms. The molecule has 1 atom stereocenters. The molecule has 0 amide bonds. The third-order valence-electron chi connectivity index (χ3n) is 2.67. The Morgan fingerprint density at radius 1 is 0.955 bits per heavy atom. The summed E-state index contributed by atoms with van der Waals surface area (Å²) in [5.41, 5.74) is 0.912. The van der Waals surface area contributed by atoms with Crippen LogP contribution in [0, 0.1) is 6.92 Å². The van der Waals surface area contributed by atoms with Gasteiger partial charge < -0.3 is 4.55 Å². The Morgan fingerprint density at radius 3 is 1.95 bits per heavy atom. The Morgan fingerprint density at radius 2 is 1.45 bits per heavy atom. The second-order valence-corrected chi connectivity index (χ2v) is 8.08. The molecule has 2 aromatic carbocycles. The van der Waals surface area contributed by atoms with Gasteiger partial charge in [0.1, 0.15) is 0 Å². The van der Waals surface area contributed by atoms with E-state index in [0.29, 0.717) is 9.79 Å². The van der Waals surface area contributed by atoms with E-state index in [2.05, 4.69) is 0 Å². The fraction of sp³-hybridized carbons (Fsp3) is 0.0769. The van der Waals surface area contributed by atoms with E-state index in [9.17, 15) is 8.76 Å². The first kappa shape index (κ1) is 18.7. The Balaban J connectivity index is 2.62. The summed E-state index contributed by atoms with van der Waals surface area (Å²) in [5.74, 6) is 0. The van der Waals surface area contributed by atoms with E-state index < -0.39 is 11.1 Å². The van der Waals surface area contributed by atoms with Crippen LogP contribution >= 0.6 is 69.8 Å². The van der Waals surface area contributed by atoms with Crippen LogP contribution in [0.15, 0.2) is 32.9 Å². The fourth-order valence-electron chi connectivity index (χ4n) is 1.62. The lowest BCUT2D eigenvalue weighted by Gasteiger charge is -2.13. The van der Waals surface area contributed by atoms with Gasteiger partial charge in [0, 0.05) is 4.90 Å². The summed E-state index contributed by atoms with van der Waals surface area (Å²) in [6.07, 6.45) is 0. The van der Waals surface area contributed by atoms with Crippen LogP contribution in [0.4, 0.5) is 0 Å². The summed E-state index contributed by atoms with van der Waals surface area (Å²) >= 11 is 29.3. The van der Waals surface area contributed by atoms with E-state index in [0.717, 1.165) is 17.3 Å². The van der Waals surface area contributed by atoms with E-state index in [1.165, 1.54) is 0 Å². The Bertz CT molecular complexity index is 751. The molecular formula is C13H7Cl5O2S2. The molecular weight excluding hydrogens is 430 g/mol. The summed E-state index contributed by atoms with van der Waals surface area (Å²) in [4.78, 5) is 1.14. The van der Waals surface area contributed by atoms with Gasteiger partial charge in [0.25, 0.3) is 0 Å². The van der Waals surface area contributed by atoms with Crippen LogP contribution in [0.1, 0.15) is 5.56 Å². The minimum absolute atomic E-state index is 0.0675. The van der Waals surface area contributed by atoms with Crippen molar-refractivity contribution in [2.45, 2.75) is 21.6 Å². The molecule has 118 valence electrons. The normalized spacial score (nSPS) is 12.5. The highest BCUT2D eigenvalue weighted by molar-refractivity contribution is 8.00. The van der Waals surface area contributed by atoms with Gasteiger partial charge in [-0.1, -0.05) is 75.8 Å². The van der Waals surface area contributed by atoms with Gasteiger partial charge in [-0.25, -0.2) is 4.21 Å². The van der Waals surface area contributed by atoms with Gasteiger partial charge in [0.05, 0.1) is 34.9 Å². The van der Waals surface area contributed by atoms with Crippen molar-refractivity contribution in [3.63, 3.8) is 0 Å². The van der Waals surface area contributed by atoms with Crippen molar-refractivity contribution < 1.29 is 8.76 Å². The molecule has 0 fully saturated rings. The molecule has 0 saturated heterocycles. The lowest BCUT2D eigenvalue weighted by atomic mass is 10.2. The zero-order valence-electron chi connectivity index (χ0n) is 10.8. The maximum absolute atomic E-state index is 11.4. The largest absolute Gasteiger partial charge is 0.302 e. The van der Waals surface area contributed by atoms with Crippen molar-refractivity contribution in [2.75, 3.05) is 0 Å². The maximum Gasteiger partial charge on any atom is 0.187 e. The van der Waals surface area contributed by atoms with Crippen LogP contribution < -0.4 is 0 Å². The number of hydrogen-bond acceptors (Lipinski definition) is 2. The van der Waals surface area contributed by atoms with Crippen LogP contribution in [-0.4, -0.2) is 8.76 Å². The average Bonchev–Trinajstić information content (AvgIpc) is 2.47. The van der Waals surface area contributed by atoms with Crippen molar-refractivity contribution >= 4 is 80.8 Å². The standard InChI is InChI=1S/C13H7Cl5O2S2/c1-5-2-3-7(22(19)20)6(4-5)21-13-11(17)9(15)8(14)10(16)12(13)18/h2-4H,1H3,(H,19,20). The Hall–Kier alpha value is 0.350. The Labute approximate surface area is 159 Å². The molecule has 0 aromatic heterocycles. The molecule has 0 aliphatic heterocycles. The number of benzene rings is 2. The van der Waals surface area contributed by atoms with E-state index in [1.54, 1.807) is 18.2 Å². The lowest BCUT2D eigenvalue weighted by molar-refractivity contribution is 0.562. The molecule has 22 heavy (non-hydrogen) atoms. The quantitative estimate of drug-likeness (QED) is 0.320. The summed E-state index contributed by atoms with van der Waals surface area (Å²) in [5, 5.41) is 0.515. The zero-order chi connectivity index (χ0) is 16.6. The molecule has 0 aliphatic carbocycles. The highest BCUT2D eigenvalue weighted by atomic mass is 35.5. The number of halogens is 5. The molecule has 0 radical (unpaired) electrons. The minimum Gasteiger partial charge on any atom is -0.302 e. The first-order chi connectivity index (χ1) is 10.2. The van der Waals surface area contributed by atoms with E-state index >= 15 is 0 Å². The molecule has 2 aromatic rings. The summed E-state index contributed by atoms with van der Waals surface area (Å²) < 4.78 is 20.8. The van der Waals surface area contributed by atoms with E-state index in [4.69, 9.17) is 58.0 Å². The Kier molecular flexibility index (Phi) is 6.36. The maximum atomic E-state index is 11.4. The van der Waals surface area contributed by atoms with Crippen molar-refractivity contribution in [3.05, 3.63) is 48.9 Å². The fourth-order valence-corrected chi connectivity index (χ4v) is 4.88. The SMILES string of the molecule is Cc1ccc(S(=O)O)c(Sc2c(Cl)c(Cl)c(Cl)c(Cl)c2Cl)c1. The molecule has 0 aliphatic rings. The van der Waals surface area contributed by atoms with Crippen LogP contribution in [0.3, 0.4) is 0 Å². The predicted molar refractivity (Wildman–Crippen MR) is 95.8 cm³/mol. The first-order valence-electron chi connectivity index (χ1n) is 5.64. The van der Waals surface area contributed by atoms with Gasteiger partial charge in [-0.05, 0) is 24.6 Å². The predicted octanol–water partition coefficient (Wildman–Crippen LogP) is 6.99. The average molecular weight is 437 g/mol. The van der Waals surface area contributed by atoms with Crippen molar-refractivity contribution in [1.29, 1.82) is 0 Å². The van der Waals surface area contributed by atoms with Gasteiger partial charge in [-0.3, -0.25) is 0 Å². The third-order valence-corrected chi connectivity index (χ3v) is 7.20. The molecule has 1 N–H and O–H groups in total. The van der Waals surface area contributed by atoms with Crippen molar-refractivity contribution in [3.8, 4) is 0 Å². The van der Waals surface area contributed by atoms with Gasteiger partial charge in [0.15, 0.2) is 11.1 Å². The van der Waals surface area contributed by atoms with E-state index in [1.807, 2.05) is 6.92 Å². The molecule has 1 unspecified atom stereocenters. The molecule has 0 bridgehead atoms. The van der Waals surface area contributed by atoms with Crippen LogP contribution in [-0.2, 0) is 11.1 Å². The highest BCUT2D eigenvalue weighted by Crippen LogP contribution is 2.50. The monoisotopic (exact) mass is 434 g/mol. The number of rotatable bonds is 3. The second kappa shape index (κ2) is 7.49. The van der Waals surface area contributed by atoms with Gasteiger partial charge in [-0.15, -0.1) is 0 Å². The summed E-state index contributed by atoms with van der Waals surface area (Å²) in [6, 6.07) is 5.05. The van der Waals surface area contributed by atoms with Crippen molar-refractivity contribution in [2.24, 2.45) is 0 Å². The number of aryl methyl sites for hydroxylation is 1. The molecule has 0 heterocycles. The molecule has 9 heteroatoms. The minimum atomic E-state index is -2.15. The van der Waals surface area contributed by atoms with Crippen LogP contribution in [0.25, 0.3) is 0 Å². The number of hydrogen-bond donors (Lipinski definition) is 1. The van der Waals surface area contributed by atoms with Gasteiger partial charge in [0.2, 0.25) is 0 Å². The van der Waals surface area contributed by atoms with Crippen LogP contribution in [0.2, 0.25) is 25.1 Å². The van der Waals surface area contributed by atoms with Crippen molar-refractivity contribution in [1.82, 2.24) is 0 Å². The molecule has 0 saturated carbocycles. The second-order valence-electron chi connectivity index (χ2n) is 4.20. The van der Waals surface area contributed by atoms with Gasteiger partial charge >= 0.3 is 0 Å². The molecule has 2 rings (SSSR count). The highest BCUT2D eigenvalue weighted by Gasteiger charge is 2.21. The zero-order valence-corrected chi connectivity index (χ0v) is 16.2. The summed E-state index contributed by atoms with van der Waals surface area (Å²) in [6.45, 7) is 1.86. The molecule has 2 nitrogen and oxygen atoms in total. The van der Waals surface area contributed by atoms with Gasteiger partial charge in [-0.2, -0.15) is 0 Å². The van der Waals surface area contributed by atoms with E-state index in [-0.39, 0.29) is 30.0 Å². The third kappa shape index (κ3) is 3.70. The first-order valence-corrected chi connectivity index (χ1v) is 9.46. The lowest BCUT2D eigenvalue weighted by Crippen LogP contribution is -1.93. The van der Waals surface area contributed by atoms with Crippen LogP contribution in [0.5, 0.6) is 0 Å².